The topological polar surface area (TPSA) is 63.0 Å². The second kappa shape index (κ2) is 10.2. The number of fused-ring (bicyclic) bond motifs is 1. The summed E-state index contributed by atoms with van der Waals surface area (Å²) in [6.07, 6.45) is 1.40. The molecule has 0 spiro atoms. The van der Waals surface area contributed by atoms with Gasteiger partial charge in [0.05, 0.1) is 6.54 Å². The number of hydrogen-bond donors (Lipinski definition) is 0. The van der Waals surface area contributed by atoms with Gasteiger partial charge in [0.25, 0.3) is 0 Å². The first-order valence-corrected chi connectivity index (χ1v) is 12.1. The van der Waals surface area contributed by atoms with Crippen LogP contribution < -0.4 is 10.2 Å². The van der Waals surface area contributed by atoms with Crippen molar-refractivity contribution in [3.8, 4) is 5.75 Å². The maximum Gasteiger partial charge on any atom is 0.228 e. The van der Waals surface area contributed by atoms with Crippen LogP contribution in [0.15, 0.2) is 75.0 Å². The van der Waals surface area contributed by atoms with Gasteiger partial charge in [-0.3, -0.25) is 18.8 Å². The van der Waals surface area contributed by atoms with Crippen LogP contribution in [0.5, 0.6) is 5.75 Å². The first-order valence-electron chi connectivity index (χ1n) is 10.8. The molecule has 1 aliphatic rings. The van der Waals surface area contributed by atoms with Crippen molar-refractivity contribution in [1.29, 1.82) is 0 Å². The van der Waals surface area contributed by atoms with Crippen molar-refractivity contribution in [2.75, 3.05) is 7.05 Å². The van der Waals surface area contributed by atoms with E-state index in [-0.39, 0.29) is 23.7 Å². The van der Waals surface area contributed by atoms with Gasteiger partial charge >= 0.3 is 0 Å². The summed E-state index contributed by atoms with van der Waals surface area (Å²) in [7, 11) is 1.41. The smallest absolute Gasteiger partial charge is 0.228 e. The van der Waals surface area contributed by atoms with Crippen LogP contribution >= 0.6 is 10.7 Å². The van der Waals surface area contributed by atoms with Gasteiger partial charge in [0.15, 0.2) is 0 Å². The summed E-state index contributed by atoms with van der Waals surface area (Å²) in [5, 5.41) is 2.01. The van der Waals surface area contributed by atoms with Crippen LogP contribution in [0, 0.1) is 0 Å². The molecule has 3 aromatic rings. The Morgan fingerprint density at radius 2 is 1.82 bits per heavy atom. The number of rotatable bonds is 7. The molecule has 0 bridgehead atoms. The van der Waals surface area contributed by atoms with Crippen molar-refractivity contribution < 1.29 is 13.9 Å². The van der Waals surface area contributed by atoms with Gasteiger partial charge in [0.2, 0.25) is 17.1 Å². The predicted molar refractivity (Wildman–Crippen MR) is 131 cm³/mol. The Labute approximate surface area is 196 Å². The number of benzene rings is 2. The molecule has 0 radical (unpaired) electrons. The fourth-order valence-corrected chi connectivity index (χ4v) is 5.44. The van der Waals surface area contributed by atoms with Crippen molar-refractivity contribution in [3.05, 3.63) is 93.5 Å². The van der Waals surface area contributed by atoms with Crippen molar-refractivity contribution in [3.63, 3.8) is 0 Å². The monoisotopic (exact) mass is 464 g/mol. The molecule has 7 heteroatoms. The summed E-state index contributed by atoms with van der Waals surface area (Å²) < 4.78 is 13.1. The average Bonchev–Trinajstić information content (AvgIpc) is 3.22. The normalized spacial score (nSPS) is 14.2. The van der Waals surface area contributed by atoms with E-state index >= 15 is 0 Å². The number of hydrogen-bond acceptors (Lipinski definition) is 5. The van der Waals surface area contributed by atoms with E-state index in [4.69, 9.17) is 9.15 Å². The highest BCUT2D eigenvalue weighted by Gasteiger charge is 2.19. The summed E-state index contributed by atoms with van der Waals surface area (Å²) in [5.74, 6) is 0.848. The summed E-state index contributed by atoms with van der Waals surface area (Å²) in [6, 6.07) is 17.8. The van der Waals surface area contributed by atoms with E-state index in [0.29, 0.717) is 12.3 Å². The third-order valence-electron chi connectivity index (χ3n) is 5.66. The van der Waals surface area contributed by atoms with Crippen molar-refractivity contribution >= 4 is 21.9 Å². The second-order valence-corrected chi connectivity index (χ2v) is 10.1. The molecule has 33 heavy (non-hydrogen) atoms. The molecule has 0 fully saturated rings. The third-order valence-corrected chi connectivity index (χ3v) is 7.71. The fraction of sp³-hybridized carbons (Fsp3) is 0.269. The summed E-state index contributed by atoms with van der Waals surface area (Å²) in [5.41, 5.74) is 3.39. The number of carbonyl (C=O) groups excluding carboxylic acids is 1. The van der Waals surface area contributed by atoms with Gasteiger partial charge in [-0.05, 0) is 41.1 Å². The lowest BCUT2D eigenvalue weighted by Crippen LogP contribution is -2.18. The molecule has 1 aromatic heterocycles. The highest BCUT2D eigenvalue weighted by Crippen LogP contribution is 2.29. The lowest BCUT2D eigenvalue weighted by Gasteiger charge is -2.20. The summed E-state index contributed by atoms with van der Waals surface area (Å²) in [4.78, 5) is 27.5. The highest BCUT2D eigenvalue weighted by molar-refractivity contribution is 8.13. The van der Waals surface area contributed by atoms with Gasteiger partial charge in [0, 0.05) is 38.0 Å². The number of nitrogens with zero attached hydrogens (tertiary/aromatic N) is 2. The van der Waals surface area contributed by atoms with Gasteiger partial charge in [-0.15, -0.1) is 0 Å². The SMILES string of the molecule is C/C=S(\c1ccc(COc2coc(CN3Cc4ccccc4C3)cc2=O)cc1)N(C)C(C)=O. The van der Waals surface area contributed by atoms with E-state index in [1.807, 2.05) is 48.7 Å². The molecule has 4 rings (SSSR count). The van der Waals surface area contributed by atoms with Crippen LogP contribution in [0.4, 0.5) is 0 Å². The minimum atomic E-state index is -0.391. The molecule has 2 heterocycles. The van der Waals surface area contributed by atoms with E-state index < -0.39 is 10.7 Å². The second-order valence-electron chi connectivity index (χ2n) is 7.99. The Kier molecular flexibility index (Phi) is 7.11. The van der Waals surface area contributed by atoms with Crippen LogP contribution in [0.25, 0.3) is 0 Å². The van der Waals surface area contributed by atoms with E-state index in [1.54, 1.807) is 18.3 Å². The van der Waals surface area contributed by atoms with Crippen LogP contribution in [-0.2, 0) is 31.0 Å². The van der Waals surface area contributed by atoms with Gasteiger partial charge < -0.3 is 9.15 Å². The molecular weight excluding hydrogens is 436 g/mol. The van der Waals surface area contributed by atoms with E-state index in [2.05, 4.69) is 17.0 Å². The Morgan fingerprint density at radius 1 is 1.15 bits per heavy atom. The molecule has 6 nitrogen and oxygen atoms in total. The Bertz CT molecular complexity index is 1210. The Balaban J connectivity index is 1.35. The molecular formula is C26H28N2O4S. The summed E-state index contributed by atoms with van der Waals surface area (Å²) >= 11 is 0. The molecule has 2 aromatic carbocycles. The van der Waals surface area contributed by atoms with Crippen molar-refractivity contribution in [2.45, 2.75) is 45.0 Å². The van der Waals surface area contributed by atoms with Crippen LogP contribution in [0.2, 0.25) is 0 Å². The molecule has 0 saturated heterocycles. The molecule has 1 amide bonds. The van der Waals surface area contributed by atoms with Crippen molar-refractivity contribution in [2.24, 2.45) is 0 Å². The molecule has 1 atom stereocenters. The standard InChI is InChI=1S/C26H28N2O4S/c1-4-33(27(3)19(2)29)24-11-9-20(10-12-24)17-32-26-18-31-23(13-25(26)30)16-28-14-21-7-5-6-8-22(21)15-28/h4-13,18H,14-17H2,1-3H3. The van der Waals surface area contributed by atoms with Crippen molar-refractivity contribution in [1.82, 2.24) is 9.21 Å². The highest BCUT2D eigenvalue weighted by atomic mass is 32.2. The quantitative estimate of drug-likeness (QED) is 0.479. The predicted octanol–water partition coefficient (Wildman–Crippen LogP) is 4.58. The molecule has 0 N–H and O–H groups in total. The fourth-order valence-electron chi connectivity index (χ4n) is 3.84. The van der Waals surface area contributed by atoms with Gasteiger partial charge in [-0.25, -0.2) is 0 Å². The van der Waals surface area contributed by atoms with E-state index in [9.17, 15) is 9.59 Å². The van der Waals surface area contributed by atoms with E-state index in [1.165, 1.54) is 23.5 Å². The zero-order chi connectivity index (χ0) is 23.4. The lowest BCUT2D eigenvalue weighted by molar-refractivity contribution is -0.123. The Morgan fingerprint density at radius 3 is 2.39 bits per heavy atom. The Hall–Kier alpha value is -3.16. The third kappa shape index (κ3) is 5.43. The molecule has 1 unspecified atom stereocenters. The molecule has 1 aliphatic heterocycles. The molecule has 172 valence electrons. The molecule has 0 aliphatic carbocycles. The zero-order valence-corrected chi connectivity index (χ0v) is 19.9. The first-order chi connectivity index (χ1) is 15.9. The van der Waals surface area contributed by atoms with Gasteiger partial charge in [-0.2, -0.15) is 0 Å². The zero-order valence-electron chi connectivity index (χ0n) is 19.1. The van der Waals surface area contributed by atoms with Gasteiger partial charge in [0.1, 0.15) is 18.6 Å². The molecule has 0 saturated carbocycles. The van der Waals surface area contributed by atoms with E-state index in [0.717, 1.165) is 23.5 Å². The van der Waals surface area contributed by atoms with Crippen LogP contribution in [-0.4, -0.2) is 27.5 Å². The first kappa shape index (κ1) is 23.0. The van der Waals surface area contributed by atoms with Crippen LogP contribution in [0.1, 0.15) is 36.3 Å². The minimum absolute atomic E-state index is 0.0216. The number of carbonyl (C=O) groups is 1. The lowest BCUT2D eigenvalue weighted by atomic mass is 10.1. The average molecular weight is 465 g/mol. The maximum absolute atomic E-state index is 12.5. The minimum Gasteiger partial charge on any atom is -0.482 e. The maximum atomic E-state index is 12.5. The van der Waals surface area contributed by atoms with Crippen LogP contribution in [0.3, 0.4) is 0 Å². The largest absolute Gasteiger partial charge is 0.482 e. The van der Waals surface area contributed by atoms with Gasteiger partial charge in [-0.1, -0.05) is 47.1 Å². The number of amides is 1. The number of ether oxygens (including phenoxy) is 1. The summed E-state index contributed by atoms with van der Waals surface area (Å²) in [6.45, 7) is 6.06.